The van der Waals surface area contributed by atoms with Crippen molar-refractivity contribution in [2.45, 2.75) is 26.7 Å². The van der Waals surface area contributed by atoms with Crippen LogP contribution in [0.25, 0.3) is 0 Å². The van der Waals surface area contributed by atoms with Crippen LogP contribution in [0.5, 0.6) is 0 Å². The average molecular weight is 187 g/mol. The summed E-state index contributed by atoms with van der Waals surface area (Å²) in [6.07, 6.45) is 4.75. The van der Waals surface area contributed by atoms with E-state index in [4.69, 9.17) is 0 Å². The van der Waals surface area contributed by atoms with Crippen LogP contribution in [-0.4, -0.2) is 0 Å². The van der Waals surface area contributed by atoms with Crippen molar-refractivity contribution in [1.82, 2.24) is 0 Å². The van der Waals surface area contributed by atoms with E-state index in [1.54, 1.807) is 0 Å². The summed E-state index contributed by atoms with van der Waals surface area (Å²) in [6.45, 7) is 7.75. The minimum Gasteiger partial charge on any atom is -0.340 e. The first-order valence-electron chi connectivity index (χ1n) is 2.88. The van der Waals surface area contributed by atoms with Gasteiger partial charge in [-0.3, -0.25) is 0 Å². The zero-order valence-corrected chi connectivity index (χ0v) is 8.69. The molecule has 8 heavy (non-hydrogen) atoms. The molecule has 1 rings (SSSR count). The molecule has 1 heteroatoms. The van der Waals surface area contributed by atoms with Gasteiger partial charge in [0.05, 0.1) is 0 Å². The summed E-state index contributed by atoms with van der Waals surface area (Å²) >= 11 is 0. The maximum atomic E-state index is 3.75. The van der Waals surface area contributed by atoms with E-state index in [9.17, 15) is 0 Å². The van der Waals surface area contributed by atoms with Crippen LogP contribution in [-0.2, 0) is 32.7 Å². The van der Waals surface area contributed by atoms with Crippen molar-refractivity contribution in [2.75, 3.05) is 0 Å². The second-order valence-corrected chi connectivity index (χ2v) is 2.02. The Morgan fingerprint density at radius 3 is 1.50 bits per heavy atom. The molecular formula is C7H14Y-2. The second-order valence-electron chi connectivity index (χ2n) is 2.02. The predicted octanol–water partition coefficient (Wildman–Crippen LogP) is 2.46. The third-order valence-electron chi connectivity index (χ3n) is 0.697. The molecule has 0 saturated heterocycles. The zero-order chi connectivity index (χ0) is 5.70. The standard InChI is InChI=1S/C4H7.C3H7.Y/c1-4-2-3-4;1-3-2;/h4H,1-3H2;3H,1-2H3;/q2*-1;. The van der Waals surface area contributed by atoms with Crippen LogP contribution in [0.1, 0.15) is 26.7 Å². The fourth-order valence-electron chi connectivity index (χ4n) is 0.118. The Hall–Kier alpha value is 1.10. The molecule has 0 unspecified atom stereocenters. The molecule has 0 aromatic rings. The Bertz CT molecular complexity index is 31.4. The van der Waals surface area contributed by atoms with Crippen molar-refractivity contribution in [1.29, 1.82) is 0 Å². The molecule has 0 N–H and O–H groups in total. The number of hydrogen-bond donors (Lipinski definition) is 0. The molecule has 0 aromatic heterocycles. The van der Waals surface area contributed by atoms with Gasteiger partial charge < -0.3 is 13.3 Å². The molecule has 0 nitrogen and oxygen atoms in total. The Labute approximate surface area is 78.3 Å². The number of hydrogen-bond acceptors (Lipinski definition) is 0. The van der Waals surface area contributed by atoms with E-state index >= 15 is 0 Å². The van der Waals surface area contributed by atoms with Gasteiger partial charge in [-0.1, -0.05) is 12.8 Å². The van der Waals surface area contributed by atoms with Gasteiger partial charge in [0, 0.05) is 32.7 Å². The van der Waals surface area contributed by atoms with Gasteiger partial charge in [0.1, 0.15) is 0 Å². The van der Waals surface area contributed by atoms with Gasteiger partial charge in [-0.2, -0.15) is 19.8 Å². The topological polar surface area (TPSA) is 0 Å². The summed E-state index contributed by atoms with van der Waals surface area (Å²) < 4.78 is 0. The van der Waals surface area contributed by atoms with Crippen molar-refractivity contribution in [3.63, 3.8) is 0 Å². The van der Waals surface area contributed by atoms with Crippen LogP contribution in [0, 0.1) is 19.3 Å². The molecule has 1 fully saturated rings. The molecule has 47 valence electrons. The summed E-state index contributed by atoms with van der Waals surface area (Å²) in [5.74, 6) is 0.833. The van der Waals surface area contributed by atoms with Gasteiger partial charge in [-0.05, 0) is 0 Å². The first kappa shape index (κ1) is 11.8. The monoisotopic (exact) mass is 187 g/mol. The summed E-state index contributed by atoms with van der Waals surface area (Å²) in [5.41, 5.74) is 0. The minimum atomic E-state index is 0. The first-order chi connectivity index (χ1) is 3.31. The van der Waals surface area contributed by atoms with Gasteiger partial charge in [0.25, 0.3) is 0 Å². The largest absolute Gasteiger partial charge is 0.340 e. The Balaban J connectivity index is 0. The molecule has 0 heterocycles. The summed E-state index contributed by atoms with van der Waals surface area (Å²) in [4.78, 5) is 0. The van der Waals surface area contributed by atoms with Crippen LogP contribution in [0.3, 0.4) is 0 Å². The van der Waals surface area contributed by atoms with E-state index < -0.39 is 0 Å². The van der Waals surface area contributed by atoms with Crippen LogP contribution in [0.2, 0.25) is 0 Å². The van der Waals surface area contributed by atoms with E-state index in [0.717, 1.165) is 5.92 Å². The summed E-state index contributed by atoms with van der Waals surface area (Å²) in [5, 5.41) is 0. The van der Waals surface area contributed by atoms with E-state index in [0.29, 0.717) is 0 Å². The van der Waals surface area contributed by atoms with Crippen LogP contribution in [0.4, 0.5) is 0 Å². The molecule has 1 aliphatic rings. The Morgan fingerprint density at radius 1 is 1.38 bits per heavy atom. The third kappa shape index (κ3) is 15.7. The molecule has 1 radical (unpaired) electrons. The molecule has 1 saturated carbocycles. The maximum Gasteiger partial charge on any atom is 0 e. The third-order valence-corrected chi connectivity index (χ3v) is 0.697. The quantitative estimate of drug-likeness (QED) is 0.511. The second kappa shape index (κ2) is 8.10. The molecule has 0 bridgehead atoms. The van der Waals surface area contributed by atoms with Crippen LogP contribution in [0.15, 0.2) is 0 Å². The van der Waals surface area contributed by atoms with Gasteiger partial charge in [0.2, 0.25) is 0 Å². The first-order valence-corrected chi connectivity index (χ1v) is 2.88. The average Bonchev–Trinajstić information content (AvgIpc) is 2.25. The normalized spacial score (nSPS) is 15.4. The molecule has 0 amide bonds. The van der Waals surface area contributed by atoms with Gasteiger partial charge >= 0.3 is 0 Å². The van der Waals surface area contributed by atoms with Crippen molar-refractivity contribution in [3.05, 3.63) is 13.3 Å². The minimum absolute atomic E-state index is 0. The van der Waals surface area contributed by atoms with Crippen molar-refractivity contribution >= 4 is 0 Å². The van der Waals surface area contributed by atoms with Crippen molar-refractivity contribution in [2.24, 2.45) is 5.92 Å². The van der Waals surface area contributed by atoms with Crippen molar-refractivity contribution in [3.8, 4) is 0 Å². The van der Waals surface area contributed by atoms with Crippen LogP contribution < -0.4 is 0 Å². The zero-order valence-electron chi connectivity index (χ0n) is 5.85. The van der Waals surface area contributed by atoms with Gasteiger partial charge in [0.15, 0.2) is 0 Å². The predicted molar refractivity (Wildman–Crippen MR) is 33.7 cm³/mol. The van der Waals surface area contributed by atoms with E-state index in [1.807, 2.05) is 20.3 Å². The maximum absolute atomic E-state index is 3.75. The molecule has 0 aromatic carbocycles. The van der Waals surface area contributed by atoms with Gasteiger partial charge in [-0.15, -0.1) is 0 Å². The van der Waals surface area contributed by atoms with Gasteiger partial charge in [-0.25, -0.2) is 0 Å². The number of rotatable bonds is 0. The van der Waals surface area contributed by atoms with E-state index in [2.05, 4.69) is 6.92 Å². The molecule has 0 atom stereocenters. The van der Waals surface area contributed by atoms with E-state index in [1.165, 1.54) is 12.8 Å². The summed E-state index contributed by atoms with van der Waals surface area (Å²) in [6, 6.07) is 0. The van der Waals surface area contributed by atoms with Crippen molar-refractivity contribution < 1.29 is 32.7 Å². The molecular weight excluding hydrogens is 173 g/mol. The van der Waals surface area contributed by atoms with E-state index in [-0.39, 0.29) is 32.7 Å². The molecule has 0 aliphatic heterocycles. The summed E-state index contributed by atoms with van der Waals surface area (Å²) in [7, 11) is 0. The molecule has 1 aliphatic carbocycles. The Morgan fingerprint density at radius 2 is 1.50 bits per heavy atom. The molecule has 0 spiro atoms. The van der Waals surface area contributed by atoms with Crippen LogP contribution >= 0.6 is 0 Å². The smallest absolute Gasteiger partial charge is 0 e. The Kier molecular flexibility index (Phi) is 12.0. The fraction of sp³-hybridized carbons (Fsp3) is 0.714. The SMILES string of the molecule is C[CH-]C.[CH2-]C1CC1.[Y]. The fourth-order valence-corrected chi connectivity index (χ4v) is 0.118.